The Labute approximate surface area is 95.0 Å². The smallest absolute Gasteiger partial charge is 0.169 e. The molecule has 0 saturated heterocycles. The maximum atomic E-state index is 12.0. The molecule has 0 radical (unpaired) electrons. The number of hydrogen-bond acceptors (Lipinski definition) is 2. The number of carbonyl (C=O) groups is 1. The number of nitrogens with zero attached hydrogens (tertiary/aromatic N) is 1. The molecule has 16 heavy (non-hydrogen) atoms. The lowest BCUT2D eigenvalue weighted by atomic mass is 10.0. The van der Waals surface area contributed by atoms with Gasteiger partial charge in [0.05, 0.1) is 6.42 Å². The molecule has 2 nitrogen and oxygen atoms in total. The number of aryl methyl sites for hydroxylation is 1. The van der Waals surface area contributed by atoms with Crippen LogP contribution < -0.4 is 0 Å². The van der Waals surface area contributed by atoms with Crippen LogP contribution in [0.2, 0.25) is 0 Å². The Morgan fingerprint density at radius 2 is 1.88 bits per heavy atom. The van der Waals surface area contributed by atoms with Crippen molar-refractivity contribution < 1.29 is 4.79 Å². The van der Waals surface area contributed by atoms with E-state index in [-0.39, 0.29) is 5.78 Å². The van der Waals surface area contributed by atoms with Gasteiger partial charge < -0.3 is 0 Å². The van der Waals surface area contributed by atoms with Gasteiger partial charge in [0.1, 0.15) is 0 Å². The molecule has 1 heterocycles. The fraction of sp³-hybridized carbons (Fsp3) is 0.143. The Bertz CT molecular complexity index is 491. The average Bonchev–Trinajstić information content (AvgIpc) is 2.31. The van der Waals surface area contributed by atoms with Gasteiger partial charge in [-0.3, -0.25) is 9.78 Å². The number of carbonyl (C=O) groups excluding carboxylic acids is 1. The maximum absolute atomic E-state index is 12.0. The SMILES string of the molecule is Cc1ccccc1C(=O)Cc1ccccn1. The van der Waals surface area contributed by atoms with Gasteiger partial charge in [-0.2, -0.15) is 0 Å². The van der Waals surface area contributed by atoms with Crippen molar-refractivity contribution in [2.45, 2.75) is 13.3 Å². The standard InChI is InChI=1S/C14H13NO/c1-11-6-2-3-8-13(11)14(16)10-12-7-4-5-9-15-12/h2-9H,10H2,1H3. The summed E-state index contributed by atoms with van der Waals surface area (Å²) in [4.78, 5) is 16.1. The predicted molar refractivity (Wildman–Crippen MR) is 63.5 cm³/mol. The fourth-order valence-corrected chi connectivity index (χ4v) is 1.65. The van der Waals surface area contributed by atoms with Gasteiger partial charge in [-0.1, -0.05) is 30.3 Å². The first-order valence-electron chi connectivity index (χ1n) is 5.26. The van der Waals surface area contributed by atoms with Crippen LogP contribution in [0.5, 0.6) is 0 Å². The van der Waals surface area contributed by atoms with Gasteiger partial charge in [0.15, 0.2) is 5.78 Å². The summed E-state index contributed by atoms with van der Waals surface area (Å²) in [7, 11) is 0. The lowest BCUT2D eigenvalue weighted by Gasteiger charge is -2.03. The molecule has 2 aromatic rings. The van der Waals surface area contributed by atoms with Crippen LogP contribution in [0, 0.1) is 6.92 Å². The van der Waals surface area contributed by atoms with Crippen LogP contribution in [0.4, 0.5) is 0 Å². The number of hydrogen-bond donors (Lipinski definition) is 0. The first-order valence-corrected chi connectivity index (χ1v) is 5.26. The Hall–Kier alpha value is -1.96. The summed E-state index contributed by atoms with van der Waals surface area (Å²) < 4.78 is 0. The van der Waals surface area contributed by atoms with Crippen molar-refractivity contribution >= 4 is 5.78 Å². The van der Waals surface area contributed by atoms with Gasteiger partial charge in [0.2, 0.25) is 0 Å². The van der Waals surface area contributed by atoms with Gasteiger partial charge in [-0.05, 0) is 24.6 Å². The third kappa shape index (κ3) is 2.34. The van der Waals surface area contributed by atoms with Crippen LogP contribution in [-0.4, -0.2) is 10.8 Å². The number of pyridine rings is 1. The average molecular weight is 211 g/mol. The zero-order valence-corrected chi connectivity index (χ0v) is 9.18. The van der Waals surface area contributed by atoms with Gasteiger partial charge >= 0.3 is 0 Å². The summed E-state index contributed by atoms with van der Waals surface area (Å²) in [5.74, 6) is 0.122. The Balaban J connectivity index is 2.19. The van der Waals surface area contributed by atoms with Crippen LogP contribution in [0.3, 0.4) is 0 Å². The van der Waals surface area contributed by atoms with Crippen molar-refractivity contribution in [3.8, 4) is 0 Å². The van der Waals surface area contributed by atoms with Crippen molar-refractivity contribution in [3.05, 3.63) is 65.5 Å². The van der Waals surface area contributed by atoms with Crippen molar-refractivity contribution in [3.63, 3.8) is 0 Å². The van der Waals surface area contributed by atoms with Crippen molar-refractivity contribution in [1.29, 1.82) is 0 Å². The molecule has 0 unspecified atom stereocenters. The molecule has 0 fully saturated rings. The molecule has 0 aliphatic heterocycles. The lowest BCUT2D eigenvalue weighted by molar-refractivity contribution is 0.0991. The second-order valence-electron chi connectivity index (χ2n) is 3.74. The topological polar surface area (TPSA) is 30.0 Å². The van der Waals surface area contributed by atoms with Crippen LogP contribution >= 0.6 is 0 Å². The number of benzene rings is 1. The highest BCUT2D eigenvalue weighted by Gasteiger charge is 2.09. The normalized spacial score (nSPS) is 10.1. The van der Waals surface area contributed by atoms with Gasteiger partial charge in [0, 0.05) is 17.5 Å². The summed E-state index contributed by atoms with van der Waals surface area (Å²) >= 11 is 0. The molecule has 2 heteroatoms. The number of ketones is 1. The van der Waals surface area contributed by atoms with E-state index in [9.17, 15) is 4.79 Å². The molecule has 0 saturated carbocycles. The van der Waals surface area contributed by atoms with E-state index in [0.717, 1.165) is 16.8 Å². The van der Waals surface area contributed by atoms with Gasteiger partial charge in [-0.25, -0.2) is 0 Å². The van der Waals surface area contributed by atoms with Crippen molar-refractivity contribution in [1.82, 2.24) is 4.98 Å². The van der Waals surface area contributed by atoms with Crippen LogP contribution in [-0.2, 0) is 6.42 Å². The monoisotopic (exact) mass is 211 g/mol. The molecule has 1 aromatic carbocycles. The quantitative estimate of drug-likeness (QED) is 0.731. The zero-order valence-electron chi connectivity index (χ0n) is 9.18. The van der Waals surface area contributed by atoms with Crippen LogP contribution in [0.25, 0.3) is 0 Å². The molecule has 0 N–H and O–H groups in total. The molecule has 80 valence electrons. The number of rotatable bonds is 3. The summed E-state index contributed by atoms with van der Waals surface area (Å²) in [5, 5.41) is 0. The van der Waals surface area contributed by atoms with E-state index < -0.39 is 0 Å². The largest absolute Gasteiger partial charge is 0.294 e. The first kappa shape index (κ1) is 10.6. The van der Waals surface area contributed by atoms with Crippen LogP contribution in [0.1, 0.15) is 21.6 Å². The fourth-order valence-electron chi connectivity index (χ4n) is 1.65. The third-order valence-corrected chi connectivity index (χ3v) is 2.51. The molecule has 0 atom stereocenters. The maximum Gasteiger partial charge on any atom is 0.169 e. The lowest BCUT2D eigenvalue weighted by Crippen LogP contribution is -2.06. The van der Waals surface area contributed by atoms with Gasteiger partial charge in [0.25, 0.3) is 0 Å². The van der Waals surface area contributed by atoms with Crippen molar-refractivity contribution in [2.24, 2.45) is 0 Å². The van der Waals surface area contributed by atoms with E-state index in [1.807, 2.05) is 49.4 Å². The molecule has 0 amide bonds. The highest BCUT2D eigenvalue weighted by molar-refractivity contribution is 5.98. The highest BCUT2D eigenvalue weighted by Crippen LogP contribution is 2.10. The molecule has 0 aliphatic carbocycles. The van der Waals surface area contributed by atoms with E-state index in [2.05, 4.69) is 4.98 Å². The summed E-state index contributed by atoms with van der Waals surface area (Å²) in [6, 6.07) is 13.3. The summed E-state index contributed by atoms with van der Waals surface area (Å²) in [5.41, 5.74) is 2.62. The van der Waals surface area contributed by atoms with E-state index in [1.54, 1.807) is 6.20 Å². The molecule has 1 aromatic heterocycles. The molecular formula is C14H13NO. The highest BCUT2D eigenvalue weighted by atomic mass is 16.1. The zero-order chi connectivity index (χ0) is 11.4. The summed E-state index contributed by atoms with van der Waals surface area (Å²) in [6.45, 7) is 1.95. The third-order valence-electron chi connectivity index (χ3n) is 2.51. The number of aromatic nitrogens is 1. The number of Topliss-reactive ketones (excluding diaryl/α,β-unsaturated/α-hetero) is 1. The van der Waals surface area contributed by atoms with E-state index in [4.69, 9.17) is 0 Å². The molecule has 2 rings (SSSR count). The summed E-state index contributed by atoms with van der Waals surface area (Å²) in [6.07, 6.45) is 2.08. The Morgan fingerprint density at radius 3 is 2.56 bits per heavy atom. The predicted octanol–water partition coefficient (Wildman–Crippen LogP) is 2.82. The van der Waals surface area contributed by atoms with E-state index >= 15 is 0 Å². The van der Waals surface area contributed by atoms with E-state index in [1.165, 1.54) is 0 Å². The molecule has 0 bridgehead atoms. The Morgan fingerprint density at radius 1 is 1.12 bits per heavy atom. The second kappa shape index (κ2) is 4.71. The van der Waals surface area contributed by atoms with Crippen LogP contribution in [0.15, 0.2) is 48.7 Å². The first-order chi connectivity index (χ1) is 7.77. The minimum Gasteiger partial charge on any atom is -0.294 e. The minimum atomic E-state index is 0.122. The second-order valence-corrected chi connectivity index (χ2v) is 3.74. The molecule has 0 aliphatic rings. The van der Waals surface area contributed by atoms with Crippen molar-refractivity contribution in [2.75, 3.05) is 0 Å². The van der Waals surface area contributed by atoms with E-state index in [0.29, 0.717) is 6.42 Å². The molecular weight excluding hydrogens is 198 g/mol. The minimum absolute atomic E-state index is 0.122. The Kier molecular flexibility index (Phi) is 3.10. The molecule has 0 spiro atoms. The van der Waals surface area contributed by atoms with Gasteiger partial charge in [-0.15, -0.1) is 0 Å².